The molecule has 1 atom stereocenters. The van der Waals surface area contributed by atoms with E-state index in [2.05, 4.69) is 0 Å². The van der Waals surface area contributed by atoms with Crippen LogP contribution in [-0.2, 0) is 4.57 Å². The number of carbonyl (C=O) groups is 2. The molecule has 0 radical (unpaired) electrons. The van der Waals surface area contributed by atoms with Crippen molar-refractivity contribution in [3.8, 4) is 11.5 Å². The molecule has 0 N–H and O–H groups in total. The van der Waals surface area contributed by atoms with Gasteiger partial charge in [-0.2, -0.15) is 0 Å². The molecule has 31 heavy (non-hydrogen) atoms. The summed E-state index contributed by atoms with van der Waals surface area (Å²) in [7, 11) is -0.603. The van der Waals surface area contributed by atoms with Crippen LogP contribution in [-0.4, -0.2) is 25.5 Å². The van der Waals surface area contributed by atoms with Crippen molar-refractivity contribution >= 4 is 59.2 Å². The quantitative estimate of drug-likeness (QED) is 0.299. The van der Waals surface area contributed by atoms with Crippen LogP contribution in [0.2, 0.25) is 15.1 Å². The summed E-state index contributed by atoms with van der Waals surface area (Å²) in [6.07, 6.45) is 0. The van der Waals surface area contributed by atoms with E-state index < -0.39 is 19.1 Å². The third-order valence-corrected chi connectivity index (χ3v) is 7.27. The minimum absolute atomic E-state index is 0.0331. The Labute approximate surface area is 194 Å². The zero-order valence-corrected chi connectivity index (χ0v) is 19.6. The van der Waals surface area contributed by atoms with Crippen molar-refractivity contribution in [1.82, 2.24) is 0 Å². The lowest BCUT2D eigenvalue weighted by molar-refractivity contribution is 0.103. The molecular weight excluding hydrogens is 482 g/mol. The van der Waals surface area contributed by atoms with Gasteiger partial charge in [0.15, 0.2) is 19.3 Å². The fraction of sp³-hybridized carbons (Fsp3) is 0.0909. The summed E-state index contributed by atoms with van der Waals surface area (Å²) in [4.78, 5) is 25.9. The molecule has 0 fully saturated rings. The monoisotopic (exact) mass is 496 g/mol. The molecule has 0 aliphatic rings. The predicted octanol–water partition coefficient (Wildman–Crippen LogP) is 5.92. The van der Waals surface area contributed by atoms with Crippen molar-refractivity contribution in [3.63, 3.8) is 0 Å². The number of ketones is 1. The minimum atomic E-state index is -3.26. The fourth-order valence-corrected chi connectivity index (χ4v) is 5.65. The molecule has 3 aromatic carbocycles. The van der Waals surface area contributed by atoms with Gasteiger partial charge in [0.25, 0.3) is 0 Å². The zero-order chi connectivity index (χ0) is 22.7. The SMILES string of the molecule is COc1cccc(Cl)c1C(=O)[PH](=O)c1c(Cl)cc(C(=O)c2ccccc2)c(Cl)c1OC. The van der Waals surface area contributed by atoms with Crippen LogP contribution in [0.4, 0.5) is 0 Å². The van der Waals surface area contributed by atoms with E-state index in [4.69, 9.17) is 44.3 Å². The highest BCUT2D eigenvalue weighted by molar-refractivity contribution is 7.72. The van der Waals surface area contributed by atoms with Crippen LogP contribution >= 0.6 is 42.6 Å². The third-order valence-electron chi connectivity index (χ3n) is 4.51. The molecule has 0 saturated heterocycles. The number of benzene rings is 3. The van der Waals surface area contributed by atoms with E-state index in [0.29, 0.717) is 5.56 Å². The lowest BCUT2D eigenvalue weighted by Crippen LogP contribution is -2.14. The molecule has 0 spiro atoms. The van der Waals surface area contributed by atoms with Crippen molar-refractivity contribution in [2.75, 3.05) is 14.2 Å². The summed E-state index contributed by atoms with van der Waals surface area (Å²) in [5, 5.41) is -0.174. The van der Waals surface area contributed by atoms with Gasteiger partial charge in [-0.25, -0.2) is 0 Å². The number of rotatable bonds is 7. The molecule has 0 bridgehead atoms. The maximum Gasteiger partial charge on any atom is 0.228 e. The van der Waals surface area contributed by atoms with Gasteiger partial charge in [0.2, 0.25) is 5.52 Å². The van der Waals surface area contributed by atoms with E-state index in [0.717, 1.165) is 0 Å². The Balaban J connectivity index is 2.13. The van der Waals surface area contributed by atoms with Gasteiger partial charge in [-0.15, -0.1) is 0 Å². The highest BCUT2D eigenvalue weighted by atomic mass is 35.5. The first-order valence-electron chi connectivity index (χ1n) is 8.89. The van der Waals surface area contributed by atoms with Gasteiger partial charge in [0.1, 0.15) is 5.75 Å². The number of methoxy groups -OCH3 is 2. The highest BCUT2D eigenvalue weighted by Crippen LogP contribution is 2.42. The summed E-state index contributed by atoms with van der Waals surface area (Å²) in [5.74, 6) is -0.319. The molecule has 1 unspecified atom stereocenters. The van der Waals surface area contributed by atoms with E-state index in [1.165, 1.54) is 32.4 Å². The van der Waals surface area contributed by atoms with Crippen LogP contribution in [0.25, 0.3) is 0 Å². The Morgan fingerprint density at radius 1 is 0.871 bits per heavy atom. The summed E-state index contributed by atoms with van der Waals surface area (Å²) >= 11 is 19.0. The topological polar surface area (TPSA) is 69.7 Å². The van der Waals surface area contributed by atoms with Crippen LogP contribution in [0.1, 0.15) is 26.3 Å². The van der Waals surface area contributed by atoms with Crippen LogP contribution in [0.5, 0.6) is 11.5 Å². The lowest BCUT2D eigenvalue weighted by atomic mass is 10.0. The largest absolute Gasteiger partial charge is 0.496 e. The first-order valence-corrected chi connectivity index (χ1v) is 11.4. The Hall–Kier alpha value is -2.30. The standard InChI is InChI=1S/C22H16Cl3O5P/c1-29-16-10-6-9-14(23)17(16)22(27)31(28)21-15(24)11-13(18(25)20(21)30-2)19(26)12-7-4-3-5-8-12/h3-11,31H,1-2H3. The number of hydrogen-bond donors (Lipinski definition) is 0. The molecule has 9 heteroatoms. The van der Waals surface area contributed by atoms with Crippen LogP contribution in [0.3, 0.4) is 0 Å². The predicted molar refractivity (Wildman–Crippen MR) is 124 cm³/mol. The minimum Gasteiger partial charge on any atom is -0.496 e. The van der Waals surface area contributed by atoms with Crippen LogP contribution < -0.4 is 14.8 Å². The number of carbonyl (C=O) groups excluding carboxylic acids is 2. The maximum atomic E-state index is 13.3. The lowest BCUT2D eigenvalue weighted by Gasteiger charge is -2.16. The number of hydrogen-bond acceptors (Lipinski definition) is 5. The van der Waals surface area contributed by atoms with Gasteiger partial charge < -0.3 is 14.0 Å². The molecule has 160 valence electrons. The Bertz CT molecular complexity index is 1200. The van der Waals surface area contributed by atoms with Gasteiger partial charge in [0.05, 0.1) is 40.2 Å². The molecule has 0 saturated carbocycles. The second kappa shape index (κ2) is 9.88. The molecule has 0 amide bonds. The summed E-state index contributed by atoms with van der Waals surface area (Å²) in [6, 6.07) is 14.4. The van der Waals surface area contributed by atoms with Gasteiger partial charge in [0, 0.05) is 11.1 Å². The van der Waals surface area contributed by atoms with E-state index in [-0.39, 0.29) is 43.0 Å². The molecule has 0 aliphatic heterocycles. The van der Waals surface area contributed by atoms with Crippen molar-refractivity contribution in [3.05, 3.63) is 86.4 Å². The summed E-state index contributed by atoms with van der Waals surface area (Å²) < 4.78 is 23.8. The summed E-state index contributed by atoms with van der Waals surface area (Å²) in [6.45, 7) is 0. The van der Waals surface area contributed by atoms with Gasteiger partial charge >= 0.3 is 0 Å². The fourth-order valence-electron chi connectivity index (χ4n) is 3.04. The van der Waals surface area contributed by atoms with Gasteiger partial charge in [-0.3, -0.25) is 9.59 Å². The normalized spacial score (nSPS) is 11.6. The molecule has 0 heterocycles. The maximum absolute atomic E-state index is 13.3. The Morgan fingerprint density at radius 2 is 1.55 bits per heavy atom. The molecule has 3 aromatic rings. The highest BCUT2D eigenvalue weighted by Gasteiger charge is 2.30. The van der Waals surface area contributed by atoms with E-state index in [1.807, 2.05) is 0 Å². The molecule has 3 rings (SSSR count). The van der Waals surface area contributed by atoms with Crippen LogP contribution in [0, 0.1) is 0 Å². The van der Waals surface area contributed by atoms with Gasteiger partial charge in [-0.05, 0) is 18.2 Å². The number of halogens is 3. The van der Waals surface area contributed by atoms with E-state index in [9.17, 15) is 14.2 Å². The average Bonchev–Trinajstić information content (AvgIpc) is 2.79. The van der Waals surface area contributed by atoms with Gasteiger partial charge in [-0.1, -0.05) is 71.2 Å². The first kappa shape index (κ1) is 23.4. The first-order chi connectivity index (χ1) is 14.8. The second-order valence-electron chi connectivity index (χ2n) is 6.30. The van der Waals surface area contributed by atoms with Crippen molar-refractivity contribution in [1.29, 1.82) is 0 Å². The molecule has 5 nitrogen and oxygen atoms in total. The van der Waals surface area contributed by atoms with Crippen molar-refractivity contribution < 1.29 is 23.6 Å². The van der Waals surface area contributed by atoms with Crippen molar-refractivity contribution in [2.45, 2.75) is 0 Å². The van der Waals surface area contributed by atoms with Crippen LogP contribution in [0.15, 0.2) is 54.6 Å². The second-order valence-corrected chi connectivity index (χ2v) is 9.10. The zero-order valence-electron chi connectivity index (χ0n) is 16.4. The summed E-state index contributed by atoms with van der Waals surface area (Å²) in [5.41, 5.74) is -0.351. The third kappa shape index (κ3) is 4.51. The van der Waals surface area contributed by atoms with Crippen molar-refractivity contribution in [2.24, 2.45) is 0 Å². The number of ether oxygens (including phenoxy) is 2. The van der Waals surface area contributed by atoms with E-state index in [1.54, 1.807) is 36.4 Å². The average molecular weight is 498 g/mol. The molecule has 0 aliphatic carbocycles. The molecule has 0 aromatic heterocycles. The Morgan fingerprint density at radius 3 is 2.16 bits per heavy atom. The van der Waals surface area contributed by atoms with E-state index >= 15 is 0 Å². The molecular formula is C22H16Cl3O5P. The Kier molecular flexibility index (Phi) is 7.45. The smallest absolute Gasteiger partial charge is 0.228 e.